The highest BCUT2D eigenvalue weighted by atomic mass is 32.1. The molecule has 19 heavy (non-hydrogen) atoms. The molecule has 0 saturated heterocycles. The first-order valence-electron chi connectivity index (χ1n) is 7.33. The number of nitrogens with one attached hydrogen (secondary N) is 1. The fourth-order valence-electron chi connectivity index (χ4n) is 2.85. The molecular formula is C15H20N2OS. The predicted molar refractivity (Wildman–Crippen MR) is 80.1 cm³/mol. The van der Waals surface area contributed by atoms with E-state index in [1.54, 1.807) is 11.3 Å². The second-order valence-electron chi connectivity index (χ2n) is 5.36. The Morgan fingerprint density at radius 2 is 2.11 bits per heavy atom. The van der Waals surface area contributed by atoms with Gasteiger partial charge in [0, 0.05) is 11.3 Å². The average Bonchev–Trinajstić information content (AvgIpc) is 2.59. The molecule has 3 nitrogen and oxygen atoms in total. The van der Waals surface area contributed by atoms with Crippen LogP contribution in [0.2, 0.25) is 0 Å². The Labute approximate surface area is 117 Å². The third-order valence-electron chi connectivity index (χ3n) is 3.89. The van der Waals surface area contributed by atoms with Crippen molar-refractivity contribution in [3.63, 3.8) is 0 Å². The van der Waals surface area contributed by atoms with E-state index in [0.717, 1.165) is 48.1 Å². The van der Waals surface area contributed by atoms with E-state index in [1.165, 1.54) is 29.7 Å². The summed E-state index contributed by atoms with van der Waals surface area (Å²) >= 11 is 1.74. The van der Waals surface area contributed by atoms with Crippen LogP contribution in [0, 0.1) is 0 Å². The number of H-pyrrole nitrogens is 1. The third kappa shape index (κ3) is 2.46. The molecule has 3 rings (SSSR count). The third-order valence-corrected chi connectivity index (χ3v) is 5.08. The van der Waals surface area contributed by atoms with Crippen LogP contribution < -0.4 is 5.56 Å². The number of unbranched alkanes of at least 4 members (excludes halogenated alkanes) is 1. The largest absolute Gasteiger partial charge is 0.310 e. The first kappa shape index (κ1) is 12.9. The van der Waals surface area contributed by atoms with Crippen LogP contribution >= 0.6 is 11.3 Å². The Morgan fingerprint density at radius 1 is 1.26 bits per heavy atom. The smallest absolute Gasteiger partial charge is 0.259 e. The molecule has 2 heterocycles. The lowest BCUT2D eigenvalue weighted by atomic mass is 10.1. The van der Waals surface area contributed by atoms with E-state index in [4.69, 9.17) is 0 Å². The van der Waals surface area contributed by atoms with Crippen molar-refractivity contribution >= 4 is 21.6 Å². The maximum atomic E-state index is 12.3. The molecule has 0 fully saturated rings. The lowest BCUT2D eigenvalue weighted by Crippen LogP contribution is -2.12. The standard InChI is InChI=1S/C15H20N2OS/c1-2-3-9-12-16-14(18)13-10-7-5-4-6-8-11(10)19-15(13)17-12/h2-9H2,1H3,(H,16,17,18). The van der Waals surface area contributed by atoms with E-state index in [0.29, 0.717) is 0 Å². The molecule has 1 aliphatic rings. The summed E-state index contributed by atoms with van der Waals surface area (Å²) in [5.41, 5.74) is 1.36. The van der Waals surface area contributed by atoms with Gasteiger partial charge in [-0.2, -0.15) is 0 Å². The first-order chi connectivity index (χ1) is 9.29. The number of thiophene rings is 1. The van der Waals surface area contributed by atoms with Gasteiger partial charge < -0.3 is 4.98 Å². The quantitative estimate of drug-likeness (QED) is 0.871. The molecule has 0 aromatic carbocycles. The molecule has 0 spiro atoms. The Bertz CT molecular complexity index is 641. The minimum Gasteiger partial charge on any atom is -0.310 e. The van der Waals surface area contributed by atoms with E-state index in [9.17, 15) is 4.79 Å². The van der Waals surface area contributed by atoms with Gasteiger partial charge in [-0.05, 0) is 37.7 Å². The minimum atomic E-state index is 0.0792. The average molecular weight is 276 g/mol. The van der Waals surface area contributed by atoms with Gasteiger partial charge in [0.05, 0.1) is 5.39 Å². The number of rotatable bonds is 3. The molecule has 0 unspecified atom stereocenters. The summed E-state index contributed by atoms with van der Waals surface area (Å²) in [5, 5.41) is 0.877. The summed E-state index contributed by atoms with van der Waals surface area (Å²) < 4.78 is 0. The van der Waals surface area contributed by atoms with Gasteiger partial charge in [0.2, 0.25) is 0 Å². The van der Waals surface area contributed by atoms with Crippen molar-refractivity contribution in [3.05, 3.63) is 26.6 Å². The molecule has 1 N–H and O–H groups in total. The molecule has 0 atom stereocenters. The zero-order valence-corrected chi connectivity index (χ0v) is 12.2. The summed E-state index contributed by atoms with van der Waals surface area (Å²) in [6, 6.07) is 0. The number of aromatic nitrogens is 2. The topological polar surface area (TPSA) is 45.8 Å². The van der Waals surface area contributed by atoms with E-state index in [-0.39, 0.29) is 5.56 Å². The normalized spacial score (nSPS) is 15.4. The van der Waals surface area contributed by atoms with Crippen LogP contribution in [-0.4, -0.2) is 9.97 Å². The van der Waals surface area contributed by atoms with Crippen LogP contribution in [0.4, 0.5) is 0 Å². The molecule has 1 aliphatic carbocycles. The van der Waals surface area contributed by atoms with E-state index < -0.39 is 0 Å². The summed E-state index contributed by atoms with van der Waals surface area (Å²) in [7, 11) is 0. The van der Waals surface area contributed by atoms with Crippen molar-refractivity contribution in [2.45, 2.75) is 58.3 Å². The molecule has 102 valence electrons. The predicted octanol–water partition coefficient (Wildman–Crippen LogP) is 3.60. The second-order valence-corrected chi connectivity index (χ2v) is 6.44. The SMILES string of the molecule is CCCCc1nc2sc3c(c2c(=O)[nH]1)CCCCC3. The molecule has 0 aliphatic heterocycles. The zero-order valence-electron chi connectivity index (χ0n) is 11.4. The zero-order chi connectivity index (χ0) is 13.2. The van der Waals surface area contributed by atoms with Crippen LogP contribution in [0.25, 0.3) is 10.2 Å². The van der Waals surface area contributed by atoms with Gasteiger partial charge in [0.25, 0.3) is 5.56 Å². The maximum Gasteiger partial charge on any atom is 0.259 e. The molecular weight excluding hydrogens is 256 g/mol. The molecule has 0 bridgehead atoms. The summed E-state index contributed by atoms with van der Waals surface area (Å²) in [6.45, 7) is 2.16. The molecule has 0 radical (unpaired) electrons. The van der Waals surface area contributed by atoms with Crippen LogP contribution in [0.15, 0.2) is 4.79 Å². The van der Waals surface area contributed by atoms with Gasteiger partial charge in [0.1, 0.15) is 10.7 Å². The van der Waals surface area contributed by atoms with Crippen molar-refractivity contribution in [2.24, 2.45) is 0 Å². The van der Waals surface area contributed by atoms with Gasteiger partial charge >= 0.3 is 0 Å². The second kappa shape index (κ2) is 5.45. The van der Waals surface area contributed by atoms with Crippen LogP contribution in [-0.2, 0) is 19.3 Å². The van der Waals surface area contributed by atoms with Gasteiger partial charge in [-0.15, -0.1) is 11.3 Å². The Balaban J connectivity index is 2.09. The Hall–Kier alpha value is -1.16. The number of aromatic amines is 1. The van der Waals surface area contributed by atoms with Gasteiger partial charge in [-0.1, -0.05) is 19.8 Å². The number of hydrogen-bond donors (Lipinski definition) is 1. The number of nitrogens with zero attached hydrogens (tertiary/aromatic N) is 1. The number of aryl methyl sites for hydroxylation is 3. The highest BCUT2D eigenvalue weighted by molar-refractivity contribution is 7.18. The first-order valence-corrected chi connectivity index (χ1v) is 8.14. The van der Waals surface area contributed by atoms with Crippen LogP contribution in [0.5, 0.6) is 0 Å². The van der Waals surface area contributed by atoms with Crippen LogP contribution in [0.3, 0.4) is 0 Å². The number of fused-ring (bicyclic) bond motifs is 3. The highest BCUT2D eigenvalue weighted by Crippen LogP contribution is 2.32. The summed E-state index contributed by atoms with van der Waals surface area (Å²) in [5.74, 6) is 0.857. The molecule has 2 aromatic heterocycles. The Kier molecular flexibility index (Phi) is 3.69. The highest BCUT2D eigenvalue weighted by Gasteiger charge is 2.18. The van der Waals surface area contributed by atoms with E-state index in [2.05, 4.69) is 16.9 Å². The molecule has 0 amide bonds. The van der Waals surface area contributed by atoms with Gasteiger partial charge in [-0.25, -0.2) is 4.98 Å². The Morgan fingerprint density at radius 3 is 2.95 bits per heavy atom. The monoisotopic (exact) mass is 276 g/mol. The molecule has 0 saturated carbocycles. The van der Waals surface area contributed by atoms with Gasteiger partial charge in [0.15, 0.2) is 0 Å². The van der Waals surface area contributed by atoms with Crippen molar-refractivity contribution in [1.29, 1.82) is 0 Å². The van der Waals surface area contributed by atoms with E-state index >= 15 is 0 Å². The lowest BCUT2D eigenvalue weighted by molar-refractivity contribution is 0.713. The van der Waals surface area contributed by atoms with Crippen LogP contribution in [0.1, 0.15) is 55.3 Å². The minimum absolute atomic E-state index is 0.0792. The van der Waals surface area contributed by atoms with Crippen molar-refractivity contribution in [3.8, 4) is 0 Å². The summed E-state index contributed by atoms with van der Waals surface area (Å²) in [4.78, 5) is 22.3. The van der Waals surface area contributed by atoms with Crippen molar-refractivity contribution in [2.75, 3.05) is 0 Å². The fourth-order valence-corrected chi connectivity index (χ4v) is 4.13. The fraction of sp³-hybridized carbons (Fsp3) is 0.600. The van der Waals surface area contributed by atoms with Crippen molar-refractivity contribution < 1.29 is 0 Å². The van der Waals surface area contributed by atoms with Crippen molar-refractivity contribution in [1.82, 2.24) is 9.97 Å². The van der Waals surface area contributed by atoms with Gasteiger partial charge in [-0.3, -0.25) is 4.79 Å². The lowest BCUT2D eigenvalue weighted by Gasteiger charge is -2.00. The summed E-state index contributed by atoms with van der Waals surface area (Å²) in [6.07, 6.45) is 9.00. The van der Waals surface area contributed by atoms with E-state index in [1.807, 2.05) is 0 Å². The molecule has 4 heteroatoms. The number of hydrogen-bond acceptors (Lipinski definition) is 3. The maximum absolute atomic E-state index is 12.3. The molecule has 2 aromatic rings.